The van der Waals surface area contributed by atoms with E-state index in [0.29, 0.717) is 5.88 Å². The van der Waals surface area contributed by atoms with E-state index in [-0.39, 0.29) is 17.1 Å². The summed E-state index contributed by atoms with van der Waals surface area (Å²) < 4.78 is 28.2. The average molecular weight is 463 g/mol. The highest BCUT2D eigenvalue weighted by atomic mass is 32.2. The van der Waals surface area contributed by atoms with E-state index in [1.54, 1.807) is 12.1 Å². The molecule has 1 aliphatic heterocycles. The van der Waals surface area contributed by atoms with Crippen LogP contribution in [0.1, 0.15) is 57.4 Å². The zero-order chi connectivity index (χ0) is 23.0. The molecule has 2 fully saturated rings. The molecule has 2 aromatic rings. The van der Waals surface area contributed by atoms with Gasteiger partial charge in [0, 0.05) is 44.0 Å². The Morgan fingerprint density at radius 1 is 1.00 bits per heavy atom. The minimum Gasteiger partial charge on any atom is -0.474 e. The van der Waals surface area contributed by atoms with E-state index in [2.05, 4.69) is 26.8 Å². The van der Waals surface area contributed by atoms with Gasteiger partial charge >= 0.3 is 0 Å². The van der Waals surface area contributed by atoms with E-state index >= 15 is 0 Å². The van der Waals surface area contributed by atoms with Crippen LogP contribution < -0.4 is 9.64 Å². The fraction of sp³-hybridized carbons (Fsp3) is 0.609. The molecular weight excluding hydrogens is 428 g/mol. The van der Waals surface area contributed by atoms with Gasteiger partial charge in [0.15, 0.2) is 9.84 Å². The smallest absolute Gasteiger partial charge is 0.225 e. The number of aryl methyl sites for hydroxylation is 1. The molecule has 0 bridgehead atoms. The van der Waals surface area contributed by atoms with Crippen molar-refractivity contribution in [2.75, 3.05) is 24.2 Å². The third-order valence-corrected chi connectivity index (χ3v) is 6.92. The van der Waals surface area contributed by atoms with E-state index in [4.69, 9.17) is 4.74 Å². The highest BCUT2D eigenvalue weighted by Crippen LogP contribution is 2.22. The molecule has 32 heavy (non-hydrogen) atoms. The van der Waals surface area contributed by atoms with Gasteiger partial charge in [-0.1, -0.05) is 13.3 Å². The number of nitrogens with zero attached hydrogens (tertiary/aromatic N) is 4. The molecule has 2 aromatic heterocycles. The van der Waals surface area contributed by atoms with E-state index in [1.807, 2.05) is 12.4 Å². The molecule has 8 nitrogen and oxygen atoms in total. The quantitative estimate of drug-likeness (QED) is 0.722. The summed E-state index contributed by atoms with van der Waals surface area (Å²) in [5.74, 6) is 1.31. The summed E-state index contributed by atoms with van der Waals surface area (Å²) >= 11 is 0. The summed E-state index contributed by atoms with van der Waals surface area (Å²) in [6.45, 7) is 3.80. The summed E-state index contributed by atoms with van der Waals surface area (Å²) in [7, 11) is -3.17. The number of rotatable bonds is 5. The number of aliphatic hydroxyl groups is 1. The zero-order valence-electron chi connectivity index (χ0n) is 19.0. The number of ether oxygens (including phenoxy) is 1. The van der Waals surface area contributed by atoms with Gasteiger partial charge in [-0.2, -0.15) is 0 Å². The maximum atomic E-state index is 11.3. The molecule has 0 unspecified atom stereocenters. The molecule has 176 valence electrons. The van der Waals surface area contributed by atoms with Crippen molar-refractivity contribution < 1.29 is 18.3 Å². The van der Waals surface area contributed by atoms with Gasteiger partial charge in [-0.15, -0.1) is 0 Å². The molecule has 0 spiro atoms. The van der Waals surface area contributed by atoms with Crippen LogP contribution in [-0.4, -0.2) is 60.0 Å². The number of aromatic nitrogens is 3. The third-order valence-electron chi connectivity index (χ3n) is 5.82. The highest BCUT2D eigenvalue weighted by molar-refractivity contribution is 7.90. The van der Waals surface area contributed by atoms with Gasteiger partial charge in [-0.3, -0.25) is 0 Å². The average Bonchev–Trinajstić information content (AvgIpc) is 2.81. The van der Waals surface area contributed by atoms with Crippen molar-refractivity contribution in [3.63, 3.8) is 0 Å². The van der Waals surface area contributed by atoms with Gasteiger partial charge in [-0.05, 0) is 56.6 Å². The summed E-state index contributed by atoms with van der Waals surface area (Å²) in [5, 5.41) is 9.39. The van der Waals surface area contributed by atoms with Crippen LogP contribution in [0, 0.1) is 0 Å². The molecule has 1 aliphatic carbocycles. The predicted octanol–water partition coefficient (Wildman–Crippen LogP) is 3.20. The van der Waals surface area contributed by atoms with Gasteiger partial charge in [-0.25, -0.2) is 23.4 Å². The second kappa shape index (κ2) is 11.6. The predicted molar refractivity (Wildman–Crippen MR) is 124 cm³/mol. The first-order valence-corrected chi connectivity index (χ1v) is 13.3. The molecule has 2 aliphatic rings. The van der Waals surface area contributed by atoms with E-state index in [1.165, 1.54) is 31.7 Å². The largest absolute Gasteiger partial charge is 0.474 e. The Bertz CT molecular complexity index is 921. The van der Waals surface area contributed by atoms with E-state index in [0.717, 1.165) is 56.7 Å². The zero-order valence-corrected chi connectivity index (χ0v) is 19.8. The van der Waals surface area contributed by atoms with Crippen LogP contribution in [0.2, 0.25) is 0 Å². The Morgan fingerprint density at radius 2 is 1.66 bits per heavy atom. The van der Waals surface area contributed by atoms with Crippen LogP contribution in [0.15, 0.2) is 35.6 Å². The molecule has 4 rings (SSSR count). The van der Waals surface area contributed by atoms with Crippen molar-refractivity contribution in [3.8, 4) is 5.88 Å². The van der Waals surface area contributed by atoms with E-state index < -0.39 is 9.84 Å². The molecular formula is C23H34N4O4S. The molecule has 3 heterocycles. The van der Waals surface area contributed by atoms with Crippen LogP contribution in [0.4, 0.5) is 5.95 Å². The monoisotopic (exact) mass is 462 g/mol. The Kier molecular flexibility index (Phi) is 8.81. The lowest BCUT2D eigenvalue weighted by Gasteiger charge is -2.29. The van der Waals surface area contributed by atoms with Crippen molar-refractivity contribution in [3.05, 3.63) is 36.3 Å². The first kappa shape index (κ1) is 24.4. The van der Waals surface area contributed by atoms with Crippen molar-refractivity contribution >= 4 is 15.8 Å². The van der Waals surface area contributed by atoms with Crippen molar-refractivity contribution in [2.24, 2.45) is 0 Å². The van der Waals surface area contributed by atoms with Crippen molar-refractivity contribution in [1.29, 1.82) is 0 Å². The van der Waals surface area contributed by atoms with E-state index in [9.17, 15) is 13.5 Å². The first-order chi connectivity index (χ1) is 15.3. The minimum atomic E-state index is -3.17. The molecule has 0 amide bonds. The third kappa shape index (κ3) is 7.41. The SMILES string of the molecule is CCc1cnc(N2CCC(O)CC2)nc1.CS(=O)(=O)c1ccc(OC2CCCCC2)nc1. The Labute approximate surface area is 191 Å². The number of aliphatic hydroxyl groups excluding tert-OH is 1. The van der Waals surface area contributed by atoms with Crippen molar-refractivity contribution in [2.45, 2.75) is 75.4 Å². The fourth-order valence-corrected chi connectivity index (χ4v) is 4.33. The number of hydrogen-bond acceptors (Lipinski definition) is 8. The lowest BCUT2D eigenvalue weighted by Crippen LogP contribution is -2.36. The molecule has 9 heteroatoms. The second-order valence-electron chi connectivity index (χ2n) is 8.45. The van der Waals surface area contributed by atoms with Crippen LogP contribution in [-0.2, 0) is 16.3 Å². The molecule has 1 saturated carbocycles. The van der Waals surface area contributed by atoms with Crippen molar-refractivity contribution in [1.82, 2.24) is 15.0 Å². The van der Waals surface area contributed by atoms with Gasteiger partial charge in [0.05, 0.1) is 11.0 Å². The molecule has 0 radical (unpaired) electrons. The van der Waals surface area contributed by atoms with Crippen LogP contribution in [0.3, 0.4) is 0 Å². The second-order valence-corrected chi connectivity index (χ2v) is 10.5. The van der Waals surface area contributed by atoms with Gasteiger partial charge in [0.25, 0.3) is 0 Å². The molecule has 1 saturated heterocycles. The maximum absolute atomic E-state index is 11.3. The van der Waals surface area contributed by atoms with Gasteiger partial charge in [0.1, 0.15) is 6.10 Å². The topological polar surface area (TPSA) is 106 Å². The molecule has 0 aromatic carbocycles. The Hall–Kier alpha value is -2.26. The summed E-state index contributed by atoms with van der Waals surface area (Å²) in [6, 6.07) is 3.17. The molecule has 1 N–H and O–H groups in total. The van der Waals surface area contributed by atoms with Crippen LogP contribution in [0.5, 0.6) is 5.88 Å². The number of sulfone groups is 1. The summed E-state index contributed by atoms with van der Waals surface area (Å²) in [5.41, 5.74) is 1.16. The summed E-state index contributed by atoms with van der Waals surface area (Å²) in [4.78, 5) is 15.1. The standard InChI is InChI=1S/C12H17NO3S.C11H17N3O/c1-17(14,15)11-7-8-12(13-9-11)16-10-5-3-2-4-6-10;1-2-9-7-12-11(13-8-9)14-5-3-10(15)4-6-14/h7-10H,2-6H2,1H3;7-8,10,15H,2-6H2,1H3. The number of anilines is 1. The first-order valence-electron chi connectivity index (χ1n) is 11.4. The Balaban J connectivity index is 0.000000182. The lowest BCUT2D eigenvalue weighted by atomic mass is 9.98. The normalized spacial score (nSPS) is 18.0. The van der Waals surface area contributed by atoms with Crippen LogP contribution >= 0.6 is 0 Å². The Morgan fingerprint density at radius 3 is 2.19 bits per heavy atom. The number of hydrogen-bond donors (Lipinski definition) is 1. The number of piperidine rings is 1. The number of pyridine rings is 1. The fourth-order valence-electron chi connectivity index (χ4n) is 3.77. The van der Waals surface area contributed by atoms with Gasteiger partial charge in [0.2, 0.25) is 11.8 Å². The maximum Gasteiger partial charge on any atom is 0.225 e. The summed E-state index contributed by atoms with van der Waals surface area (Å²) in [6.07, 6.45) is 14.8. The minimum absolute atomic E-state index is 0.142. The van der Waals surface area contributed by atoms with Crippen LogP contribution in [0.25, 0.3) is 0 Å². The molecule has 0 atom stereocenters. The lowest BCUT2D eigenvalue weighted by molar-refractivity contribution is 0.145. The van der Waals surface area contributed by atoms with Gasteiger partial charge < -0.3 is 14.7 Å². The highest BCUT2D eigenvalue weighted by Gasteiger charge is 2.19.